The number of nitrogens with zero attached hydrogens (tertiary/aromatic N) is 5. The fourth-order valence-corrected chi connectivity index (χ4v) is 6.49. The number of anilines is 1. The average molecular weight is 627 g/mol. The summed E-state index contributed by atoms with van der Waals surface area (Å²) in [5.41, 5.74) is 5.69. The van der Waals surface area contributed by atoms with Crippen molar-refractivity contribution in [3.63, 3.8) is 0 Å². The first-order valence-electron chi connectivity index (χ1n) is 16.2. The maximum absolute atomic E-state index is 13.1. The Morgan fingerprint density at radius 2 is 1.64 bits per heavy atom. The Morgan fingerprint density at radius 1 is 0.956 bits per heavy atom. The standard InChI is InChI=1S/C36H43ClN6O2/c1-27-15-16-31(37)23-34(27)42-19-17-41(18-20-42)24-32-25-43(40-39-32)35(22-29-11-6-3-7-12-29)33(21-28-9-4-2-5-10-28)38-36(44)45-26-30-13-8-14-30/h2-7,9-12,15-16,23,25,30,33,35H,8,13-14,17-22,24,26H2,1H3,(H,38,44)/t33-,35-/m0/s1. The van der Waals surface area contributed by atoms with Gasteiger partial charge < -0.3 is 15.0 Å². The largest absolute Gasteiger partial charge is 0.449 e. The number of piperazine rings is 1. The monoisotopic (exact) mass is 626 g/mol. The molecule has 9 heteroatoms. The summed E-state index contributed by atoms with van der Waals surface area (Å²) >= 11 is 6.30. The molecule has 2 heterocycles. The van der Waals surface area contributed by atoms with Gasteiger partial charge in [0.1, 0.15) is 0 Å². The number of ether oxygens (including phenoxy) is 1. The number of halogens is 1. The van der Waals surface area contributed by atoms with Crippen molar-refractivity contribution in [1.82, 2.24) is 25.2 Å². The Kier molecular flexibility index (Phi) is 10.3. The van der Waals surface area contributed by atoms with E-state index in [9.17, 15) is 4.79 Å². The minimum absolute atomic E-state index is 0.159. The molecule has 1 aliphatic heterocycles. The Bertz CT molecular complexity index is 1520. The van der Waals surface area contributed by atoms with Crippen LogP contribution >= 0.6 is 11.6 Å². The summed E-state index contributed by atoms with van der Waals surface area (Å²) in [6.07, 6.45) is 6.52. The molecule has 0 unspecified atom stereocenters. The summed E-state index contributed by atoms with van der Waals surface area (Å²) in [7, 11) is 0. The van der Waals surface area contributed by atoms with Crippen molar-refractivity contribution in [2.75, 3.05) is 37.7 Å². The number of aromatic nitrogens is 3. The second-order valence-electron chi connectivity index (χ2n) is 12.5. The third kappa shape index (κ3) is 8.44. The Morgan fingerprint density at radius 3 is 2.31 bits per heavy atom. The lowest BCUT2D eigenvalue weighted by Gasteiger charge is -2.36. The SMILES string of the molecule is Cc1ccc(Cl)cc1N1CCN(Cc2cn([C@@H](Cc3ccccc3)[C@H](Cc3ccccc3)NC(=O)OCC3CCC3)nn2)CC1. The summed E-state index contributed by atoms with van der Waals surface area (Å²) in [4.78, 5) is 18.0. The van der Waals surface area contributed by atoms with Gasteiger partial charge in [-0.15, -0.1) is 5.10 Å². The van der Waals surface area contributed by atoms with E-state index in [2.05, 4.69) is 87.1 Å². The van der Waals surface area contributed by atoms with E-state index >= 15 is 0 Å². The van der Waals surface area contributed by atoms with Crippen molar-refractivity contribution in [1.29, 1.82) is 0 Å². The van der Waals surface area contributed by atoms with Crippen LogP contribution in [-0.4, -0.2) is 64.8 Å². The number of nitrogens with one attached hydrogen (secondary N) is 1. The highest BCUT2D eigenvalue weighted by Gasteiger charge is 2.29. The third-order valence-electron chi connectivity index (χ3n) is 9.20. The van der Waals surface area contributed by atoms with Crippen molar-refractivity contribution in [2.24, 2.45) is 5.92 Å². The zero-order valence-corrected chi connectivity index (χ0v) is 26.8. The normalized spacial score (nSPS) is 17.0. The molecule has 2 fully saturated rings. The fourth-order valence-electron chi connectivity index (χ4n) is 6.32. The number of carbonyl (C=O) groups excluding carboxylic acids is 1. The molecular weight excluding hydrogens is 584 g/mol. The number of amides is 1. The molecule has 45 heavy (non-hydrogen) atoms. The molecule has 0 radical (unpaired) electrons. The van der Waals surface area contributed by atoms with E-state index in [0.29, 0.717) is 25.4 Å². The van der Waals surface area contributed by atoms with Gasteiger partial charge in [0.15, 0.2) is 0 Å². The van der Waals surface area contributed by atoms with Crippen molar-refractivity contribution in [2.45, 2.75) is 57.7 Å². The summed E-state index contributed by atoms with van der Waals surface area (Å²) < 4.78 is 7.65. The molecule has 6 rings (SSSR count). The molecule has 4 aromatic rings. The van der Waals surface area contributed by atoms with Gasteiger partial charge in [0, 0.05) is 43.4 Å². The van der Waals surface area contributed by atoms with Gasteiger partial charge in [-0.25, -0.2) is 9.48 Å². The first kappa shape index (κ1) is 31.1. The number of aryl methyl sites for hydroxylation is 1. The Balaban J connectivity index is 1.17. The van der Waals surface area contributed by atoms with E-state index in [-0.39, 0.29) is 18.2 Å². The summed E-state index contributed by atoms with van der Waals surface area (Å²) in [5, 5.41) is 13.3. The maximum Gasteiger partial charge on any atom is 0.407 e. The van der Waals surface area contributed by atoms with Crippen LogP contribution in [0, 0.1) is 12.8 Å². The van der Waals surface area contributed by atoms with Gasteiger partial charge in [-0.3, -0.25) is 4.90 Å². The molecule has 3 aromatic carbocycles. The molecule has 2 aliphatic rings. The predicted molar refractivity (Wildman–Crippen MR) is 179 cm³/mol. The first-order chi connectivity index (χ1) is 22.0. The zero-order valence-electron chi connectivity index (χ0n) is 26.0. The van der Waals surface area contributed by atoms with Crippen LogP contribution in [0.4, 0.5) is 10.5 Å². The summed E-state index contributed by atoms with van der Waals surface area (Å²) in [6, 6.07) is 26.4. The van der Waals surface area contributed by atoms with Gasteiger partial charge in [-0.05, 0) is 67.3 Å². The fraction of sp³-hybridized carbons (Fsp3) is 0.417. The quantitative estimate of drug-likeness (QED) is 0.194. The van der Waals surface area contributed by atoms with Gasteiger partial charge in [-0.1, -0.05) is 90.0 Å². The highest BCUT2D eigenvalue weighted by atomic mass is 35.5. The summed E-state index contributed by atoms with van der Waals surface area (Å²) in [6.45, 7) is 7.05. The van der Waals surface area contributed by atoms with Crippen molar-refractivity contribution in [3.05, 3.63) is 112 Å². The van der Waals surface area contributed by atoms with E-state index in [1.165, 1.54) is 23.2 Å². The molecule has 0 spiro atoms. The van der Waals surface area contributed by atoms with Crippen LogP contribution < -0.4 is 10.2 Å². The molecule has 1 aliphatic carbocycles. The predicted octanol–water partition coefficient (Wildman–Crippen LogP) is 6.48. The minimum Gasteiger partial charge on any atom is -0.449 e. The highest BCUT2D eigenvalue weighted by Crippen LogP contribution is 2.28. The second-order valence-corrected chi connectivity index (χ2v) is 12.9. The van der Waals surface area contributed by atoms with E-state index in [4.69, 9.17) is 16.3 Å². The van der Waals surface area contributed by atoms with Crippen LogP contribution in [0.5, 0.6) is 0 Å². The number of hydrogen-bond acceptors (Lipinski definition) is 6. The van der Waals surface area contributed by atoms with E-state index in [0.717, 1.165) is 61.8 Å². The number of hydrogen-bond donors (Lipinski definition) is 1. The van der Waals surface area contributed by atoms with Crippen LogP contribution in [0.15, 0.2) is 85.1 Å². The van der Waals surface area contributed by atoms with Crippen LogP contribution in [-0.2, 0) is 24.1 Å². The molecule has 1 amide bonds. The van der Waals surface area contributed by atoms with E-state index < -0.39 is 0 Å². The van der Waals surface area contributed by atoms with Crippen molar-refractivity contribution in [3.8, 4) is 0 Å². The zero-order chi connectivity index (χ0) is 31.0. The lowest BCUT2D eigenvalue weighted by molar-refractivity contribution is 0.0981. The van der Waals surface area contributed by atoms with Crippen LogP contribution in [0.2, 0.25) is 5.02 Å². The molecule has 1 N–H and O–H groups in total. The highest BCUT2D eigenvalue weighted by molar-refractivity contribution is 6.30. The van der Waals surface area contributed by atoms with Crippen LogP contribution in [0.1, 0.15) is 47.7 Å². The lowest BCUT2D eigenvalue weighted by atomic mass is 9.86. The minimum atomic E-state index is -0.367. The Labute approximate surface area is 271 Å². The number of alkyl carbamates (subject to hydrolysis) is 1. The van der Waals surface area contributed by atoms with E-state index in [1.807, 2.05) is 35.0 Å². The smallest absolute Gasteiger partial charge is 0.407 e. The number of benzene rings is 3. The third-order valence-corrected chi connectivity index (χ3v) is 9.43. The van der Waals surface area contributed by atoms with Gasteiger partial charge in [-0.2, -0.15) is 0 Å². The van der Waals surface area contributed by atoms with Crippen molar-refractivity contribution < 1.29 is 9.53 Å². The van der Waals surface area contributed by atoms with Crippen LogP contribution in [0.3, 0.4) is 0 Å². The molecule has 1 saturated heterocycles. The van der Waals surface area contributed by atoms with Crippen molar-refractivity contribution >= 4 is 23.4 Å². The van der Waals surface area contributed by atoms with Gasteiger partial charge in [0.2, 0.25) is 0 Å². The second kappa shape index (κ2) is 14.9. The molecule has 1 aromatic heterocycles. The summed E-state index contributed by atoms with van der Waals surface area (Å²) in [5.74, 6) is 0.484. The first-order valence-corrected chi connectivity index (χ1v) is 16.5. The average Bonchev–Trinajstić information content (AvgIpc) is 3.49. The molecule has 0 bridgehead atoms. The van der Waals surface area contributed by atoms with Gasteiger partial charge in [0.05, 0.1) is 30.6 Å². The molecule has 236 valence electrons. The lowest BCUT2D eigenvalue weighted by Crippen LogP contribution is -2.46. The van der Waals surface area contributed by atoms with Crippen LogP contribution in [0.25, 0.3) is 0 Å². The molecule has 8 nitrogen and oxygen atoms in total. The topological polar surface area (TPSA) is 75.5 Å². The number of rotatable bonds is 12. The number of carbonyl (C=O) groups is 1. The molecular formula is C36H43ClN6O2. The van der Waals surface area contributed by atoms with Gasteiger partial charge in [0.25, 0.3) is 0 Å². The maximum atomic E-state index is 13.1. The van der Waals surface area contributed by atoms with E-state index in [1.54, 1.807) is 0 Å². The molecule has 1 saturated carbocycles. The molecule has 2 atom stereocenters. The Hall–Kier alpha value is -3.88. The van der Waals surface area contributed by atoms with Gasteiger partial charge >= 0.3 is 6.09 Å².